The molecule has 0 aliphatic heterocycles. The number of nitrogens with zero attached hydrogens (tertiary/aromatic N) is 1. The molecule has 0 aliphatic rings. The monoisotopic (exact) mass is 622 g/mol. The largest absolute Gasteiger partial charge is 0.496 e. The number of anilines is 2. The third-order valence-electron chi connectivity index (χ3n) is 6.49. The van der Waals surface area contributed by atoms with E-state index >= 15 is 0 Å². The van der Waals surface area contributed by atoms with Crippen LogP contribution in [-0.4, -0.2) is 35.2 Å². The maximum Gasteiger partial charge on any atom is 0.272 e. The van der Waals surface area contributed by atoms with Gasteiger partial charge in [-0.25, -0.2) is 0 Å². The molecular weight excluding hydrogens is 592 g/mol. The molecule has 0 saturated carbocycles. The van der Waals surface area contributed by atoms with Gasteiger partial charge in [0.05, 0.1) is 17.9 Å². The highest BCUT2D eigenvalue weighted by molar-refractivity contribution is 8.00. The second kappa shape index (κ2) is 14.3. The van der Waals surface area contributed by atoms with Crippen molar-refractivity contribution >= 4 is 47.1 Å². The van der Waals surface area contributed by atoms with Gasteiger partial charge in [0.1, 0.15) is 28.7 Å². The van der Waals surface area contributed by atoms with Crippen molar-refractivity contribution in [1.29, 1.82) is 0 Å². The molecule has 3 amide bonds. The zero-order chi connectivity index (χ0) is 31.8. The minimum atomic E-state index is -0.550. The van der Waals surface area contributed by atoms with Crippen LogP contribution in [0.1, 0.15) is 28.8 Å². The molecule has 5 aromatic rings. The molecular formula is C34H30N4O6S. The molecule has 10 nitrogen and oxygen atoms in total. The van der Waals surface area contributed by atoms with E-state index in [-0.39, 0.29) is 11.6 Å². The Balaban J connectivity index is 1.30. The van der Waals surface area contributed by atoms with Crippen LogP contribution in [0.25, 0.3) is 17.4 Å². The number of methoxy groups -OCH3 is 1. The van der Waals surface area contributed by atoms with Gasteiger partial charge in [-0.3, -0.25) is 14.4 Å². The Hall–Kier alpha value is -5.55. The molecule has 0 radical (unpaired) electrons. The molecule has 3 aromatic carbocycles. The molecule has 0 aliphatic carbocycles. The van der Waals surface area contributed by atoms with Gasteiger partial charge in [0.2, 0.25) is 5.91 Å². The van der Waals surface area contributed by atoms with Crippen LogP contribution in [-0.2, 0) is 9.59 Å². The first-order valence-corrected chi connectivity index (χ1v) is 14.8. The van der Waals surface area contributed by atoms with Gasteiger partial charge < -0.3 is 29.6 Å². The number of thioether (sulfide) groups is 1. The summed E-state index contributed by atoms with van der Waals surface area (Å²) in [5, 5.41) is 11.6. The molecule has 228 valence electrons. The van der Waals surface area contributed by atoms with Crippen LogP contribution in [0.4, 0.5) is 11.5 Å². The zero-order valence-electron chi connectivity index (χ0n) is 24.7. The molecule has 0 bridgehead atoms. The number of nitrogens with one attached hydrogen (secondary N) is 3. The summed E-state index contributed by atoms with van der Waals surface area (Å²) in [5.41, 5.74) is 1.62. The van der Waals surface area contributed by atoms with Crippen LogP contribution in [0, 0.1) is 6.92 Å². The molecule has 5 rings (SSSR count). The molecule has 3 N–H and O–H groups in total. The van der Waals surface area contributed by atoms with E-state index in [9.17, 15) is 14.4 Å². The normalized spacial score (nSPS) is 11.8. The molecule has 2 aromatic heterocycles. The van der Waals surface area contributed by atoms with Crippen LogP contribution in [0.15, 0.2) is 117 Å². The van der Waals surface area contributed by atoms with E-state index in [1.807, 2.05) is 24.3 Å². The summed E-state index contributed by atoms with van der Waals surface area (Å²) in [7, 11) is 1.58. The lowest BCUT2D eigenvalue weighted by molar-refractivity contribution is -0.115. The van der Waals surface area contributed by atoms with Gasteiger partial charge in [0.25, 0.3) is 11.8 Å². The van der Waals surface area contributed by atoms with Crippen molar-refractivity contribution in [2.45, 2.75) is 24.0 Å². The van der Waals surface area contributed by atoms with Gasteiger partial charge in [-0.1, -0.05) is 35.5 Å². The first-order valence-electron chi connectivity index (χ1n) is 13.9. The summed E-state index contributed by atoms with van der Waals surface area (Å²) in [6, 6.07) is 28.1. The Morgan fingerprint density at radius 1 is 0.911 bits per heavy atom. The third-order valence-corrected chi connectivity index (χ3v) is 7.60. The van der Waals surface area contributed by atoms with Gasteiger partial charge in [-0.15, -0.1) is 11.8 Å². The van der Waals surface area contributed by atoms with Crippen LogP contribution in [0.2, 0.25) is 0 Å². The number of aryl methyl sites for hydroxylation is 1. The molecule has 11 heteroatoms. The Kier molecular flexibility index (Phi) is 9.80. The average Bonchev–Trinajstić information content (AvgIpc) is 3.70. The minimum absolute atomic E-state index is 0.0170. The molecule has 0 fully saturated rings. The number of carbonyl (C=O) groups is 3. The number of furan rings is 1. The maximum absolute atomic E-state index is 13.5. The van der Waals surface area contributed by atoms with E-state index in [2.05, 4.69) is 21.1 Å². The zero-order valence-corrected chi connectivity index (χ0v) is 25.5. The van der Waals surface area contributed by atoms with Crippen molar-refractivity contribution < 1.29 is 28.1 Å². The topological polar surface area (TPSA) is 136 Å². The van der Waals surface area contributed by atoms with Gasteiger partial charge >= 0.3 is 0 Å². The highest BCUT2D eigenvalue weighted by Gasteiger charge is 2.19. The number of rotatable bonds is 11. The third kappa shape index (κ3) is 8.09. The fourth-order valence-electron chi connectivity index (χ4n) is 4.23. The van der Waals surface area contributed by atoms with Gasteiger partial charge in [-0.2, -0.15) is 0 Å². The lowest BCUT2D eigenvalue weighted by Crippen LogP contribution is -2.30. The summed E-state index contributed by atoms with van der Waals surface area (Å²) in [6.45, 7) is 3.52. The second-order valence-corrected chi connectivity index (χ2v) is 11.2. The van der Waals surface area contributed by atoms with Crippen LogP contribution >= 0.6 is 11.8 Å². The van der Waals surface area contributed by atoms with E-state index in [1.165, 1.54) is 17.8 Å². The smallest absolute Gasteiger partial charge is 0.272 e. The lowest BCUT2D eigenvalue weighted by Gasteiger charge is -2.13. The number of aromatic nitrogens is 1. The summed E-state index contributed by atoms with van der Waals surface area (Å²) in [4.78, 5) is 39.8. The Labute approximate surface area is 263 Å². The van der Waals surface area contributed by atoms with E-state index in [1.54, 1.807) is 93.8 Å². The first kappa shape index (κ1) is 30.9. The highest BCUT2D eigenvalue weighted by Crippen LogP contribution is 2.31. The molecule has 0 spiro atoms. The number of carbonyl (C=O) groups excluding carboxylic acids is 3. The number of amides is 3. The summed E-state index contributed by atoms with van der Waals surface area (Å²) in [6.07, 6.45) is 1.47. The fourth-order valence-corrected chi connectivity index (χ4v) is 5.10. The van der Waals surface area contributed by atoms with Gasteiger partial charge in [0, 0.05) is 28.3 Å². The van der Waals surface area contributed by atoms with Crippen LogP contribution < -0.4 is 20.7 Å². The Morgan fingerprint density at radius 3 is 2.36 bits per heavy atom. The molecule has 2 heterocycles. The van der Waals surface area contributed by atoms with Crippen molar-refractivity contribution in [2.24, 2.45) is 0 Å². The average molecular weight is 623 g/mol. The summed E-state index contributed by atoms with van der Waals surface area (Å²) >= 11 is 1.35. The standard InChI is InChI=1S/C34H30N4O6S/c1-21-19-31(38-44-21)37-32(39)22(2)45-26-16-13-24(14-17-26)35-34(41)28(36-33(40)23-9-5-4-6-10-23)20-25-15-18-30(43-25)27-11-7-8-12-29(27)42-3/h4-20,22H,1-3H3,(H,35,41)(H,36,40)(H,37,38,39)/b28-20+/t22-/m1/s1. The van der Waals surface area contributed by atoms with Crippen molar-refractivity contribution in [1.82, 2.24) is 10.5 Å². The van der Waals surface area contributed by atoms with Gasteiger partial charge in [0.15, 0.2) is 5.82 Å². The number of hydrogen-bond donors (Lipinski definition) is 3. The number of benzene rings is 3. The van der Waals surface area contributed by atoms with E-state index < -0.39 is 17.1 Å². The number of para-hydroxylation sites is 1. The van der Waals surface area contributed by atoms with E-state index in [4.69, 9.17) is 13.7 Å². The minimum Gasteiger partial charge on any atom is -0.496 e. The van der Waals surface area contributed by atoms with Gasteiger partial charge in [-0.05, 0) is 74.5 Å². The molecule has 0 unspecified atom stereocenters. The quantitative estimate of drug-likeness (QED) is 0.108. The lowest BCUT2D eigenvalue weighted by atomic mass is 10.1. The predicted molar refractivity (Wildman–Crippen MR) is 173 cm³/mol. The van der Waals surface area contributed by atoms with Crippen molar-refractivity contribution in [2.75, 3.05) is 17.7 Å². The van der Waals surface area contributed by atoms with Crippen molar-refractivity contribution in [3.63, 3.8) is 0 Å². The van der Waals surface area contributed by atoms with E-state index in [0.717, 1.165) is 10.5 Å². The fraction of sp³-hybridized carbons (Fsp3) is 0.118. The van der Waals surface area contributed by atoms with Crippen molar-refractivity contribution in [3.8, 4) is 17.1 Å². The second-order valence-electron chi connectivity index (χ2n) is 9.83. The Morgan fingerprint density at radius 2 is 1.64 bits per heavy atom. The summed E-state index contributed by atoms with van der Waals surface area (Å²) < 4.78 is 16.4. The Bertz CT molecular complexity index is 1830. The van der Waals surface area contributed by atoms with Crippen molar-refractivity contribution in [3.05, 3.63) is 120 Å². The van der Waals surface area contributed by atoms with E-state index in [0.29, 0.717) is 40.1 Å². The van der Waals surface area contributed by atoms with Crippen LogP contribution in [0.3, 0.4) is 0 Å². The highest BCUT2D eigenvalue weighted by atomic mass is 32.2. The van der Waals surface area contributed by atoms with Crippen LogP contribution in [0.5, 0.6) is 5.75 Å². The number of hydrogen-bond acceptors (Lipinski definition) is 8. The molecule has 0 saturated heterocycles. The predicted octanol–water partition coefficient (Wildman–Crippen LogP) is 6.78. The summed E-state index contributed by atoms with van der Waals surface area (Å²) in [5.74, 6) is 1.27. The molecule has 45 heavy (non-hydrogen) atoms. The number of ether oxygens (including phenoxy) is 1. The first-order chi connectivity index (χ1) is 21.8. The molecule has 1 atom stereocenters. The SMILES string of the molecule is COc1ccccc1-c1ccc(/C=C(/NC(=O)c2ccccc2)C(=O)Nc2ccc(S[C@H](C)C(=O)Nc3cc(C)on3)cc2)o1. The maximum atomic E-state index is 13.5.